The third-order valence-electron chi connectivity index (χ3n) is 3.68. The largest absolute Gasteiger partial charge is 0.489 e. The summed E-state index contributed by atoms with van der Waals surface area (Å²) >= 11 is 0. The molecular weight excluding hydrogens is 248 g/mol. The zero-order chi connectivity index (χ0) is 13.6. The maximum atomic E-state index is 5.79. The minimum atomic E-state index is 0.270. The van der Waals surface area contributed by atoms with Crippen LogP contribution in [-0.4, -0.2) is 6.61 Å². The van der Waals surface area contributed by atoms with E-state index in [0.29, 0.717) is 6.61 Å². The molecule has 104 valence electrons. The number of hydrogen-bond acceptors (Lipinski definition) is 2. The molecule has 0 aromatic heterocycles. The van der Waals surface area contributed by atoms with Crippen LogP contribution in [0.5, 0.6) is 5.75 Å². The van der Waals surface area contributed by atoms with Crippen LogP contribution in [0.4, 0.5) is 0 Å². The fraction of sp³-hybridized carbons (Fsp3) is 0.333. The van der Waals surface area contributed by atoms with Crippen LogP contribution in [0.2, 0.25) is 0 Å². The first-order valence-corrected chi connectivity index (χ1v) is 7.30. The Morgan fingerprint density at radius 1 is 0.950 bits per heavy atom. The van der Waals surface area contributed by atoms with Crippen LogP contribution in [0.1, 0.15) is 36.5 Å². The average molecular weight is 268 g/mol. The number of benzene rings is 2. The van der Waals surface area contributed by atoms with Crippen molar-refractivity contribution in [1.29, 1.82) is 0 Å². The molecule has 1 fully saturated rings. The summed E-state index contributed by atoms with van der Waals surface area (Å²) in [7, 11) is 0. The van der Waals surface area contributed by atoms with Crippen LogP contribution in [0.25, 0.3) is 0 Å². The Kier molecular flexibility index (Phi) is 4.34. The monoisotopic (exact) mass is 268 g/mol. The zero-order valence-corrected chi connectivity index (χ0v) is 11.6. The highest BCUT2D eigenvalue weighted by atomic mass is 16.5. The van der Waals surface area contributed by atoms with Crippen molar-refractivity contribution in [2.75, 3.05) is 6.61 Å². The fourth-order valence-corrected chi connectivity index (χ4v) is 2.52. The predicted molar refractivity (Wildman–Crippen MR) is 79.8 cm³/mol. The Morgan fingerprint density at radius 3 is 2.45 bits per heavy atom. The molecule has 0 amide bonds. The first kappa shape index (κ1) is 13.2. The lowest BCUT2D eigenvalue weighted by Crippen LogP contribution is -2.11. The molecule has 0 aliphatic carbocycles. The van der Waals surface area contributed by atoms with Crippen LogP contribution in [0.15, 0.2) is 54.6 Å². The van der Waals surface area contributed by atoms with E-state index in [2.05, 4.69) is 24.3 Å². The lowest BCUT2D eigenvalue weighted by molar-refractivity contribution is 0.0149. The average Bonchev–Trinajstić information content (AvgIpc) is 2.55. The maximum Gasteiger partial charge on any atom is 0.119 e. The molecule has 0 radical (unpaired) electrons. The van der Waals surface area contributed by atoms with Crippen LogP contribution in [-0.2, 0) is 11.3 Å². The van der Waals surface area contributed by atoms with Crippen molar-refractivity contribution >= 4 is 0 Å². The van der Waals surface area contributed by atoms with Crippen molar-refractivity contribution in [3.05, 3.63) is 65.7 Å². The second kappa shape index (κ2) is 6.58. The van der Waals surface area contributed by atoms with E-state index in [1.54, 1.807) is 0 Å². The van der Waals surface area contributed by atoms with E-state index in [0.717, 1.165) is 18.8 Å². The van der Waals surface area contributed by atoms with Crippen LogP contribution in [0, 0.1) is 0 Å². The van der Waals surface area contributed by atoms with Gasteiger partial charge in [0, 0.05) is 6.61 Å². The molecule has 0 N–H and O–H groups in total. The van der Waals surface area contributed by atoms with Gasteiger partial charge >= 0.3 is 0 Å². The van der Waals surface area contributed by atoms with Gasteiger partial charge in [-0.25, -0.2) is 0 Å². The van der Waals surface area contributed by atoms with Gasteiger partial charge in [-0.2, -0.15) is 0 Å². The van der Waals surface area contributed by atoms with Crippen molar-refractivity contribution in [1.82, 2.24) is 0 Å². The Morgan fingerprint density at radius 2 is 1.75 bits per heavy atom. The molecular formula is C18H20O2. The van der Waals surface area contributed by atoms with Gasteiger partial charge in [0.05, 0.1) is 6.10 Å². The molecule has 0 saturated carbocycles. The van der Waals surface area contributed by atoms with E-state index in [9.17, 15) is 0 Å². The first-order valence-electron chi connectivity index (χ1n) is 7.30. The topological polar surface area (TPSA) is 18.5 Å². The number of ether oxygens (including phenoxy) is 2. The molecule has 2 heteroatoms. The van der Waals surface area contributed by atoms with Gasteiger partial charge in [0.15, 0.2) is 0 Å². The summed E-state index contributed by atoms with van der Waals surface area (Å²) in [6.45, 7) is 1.50. The molecule has 2 nitrogen and oxygen atoms in total. The Bertz CT molecular complexity index is 513. The summed E-state index contributed by atoms with van der Waals surface area (Å²) in [5.74, 6) is 0.911. The van der Waals surface area contributed by atoms with Crippen molar-refractivity contribution in [3.8, 4) is 5.75 Å². The van der Waals surface area contributed by atoms with Gasteiger partial charge in [-0.1, -0.05) is 42.5 Å². The molecule has 0 spiro atoms. The third-order valence-corrected chi connectivity index (χ3v) is 3.68. The molecule has 1 heterocycles. The minimum Gasteiger partial charge on any atom is -0.489 e. The predicted octanol–water partition coefficient (Wildman–Crippen LogP) is 4.51. The molecule has 1 saturated heterocycles. The van der Waals surface area contributed by atoms with Crippen molar-refractivity contribution < 1.29 is 9.47 Å². The lowest BCUT2D eigenvalue weighted by Gasteiger charge is -2.23. The molecule has 2 aromatic rings. The van der Waals surface area contributed by atoms with Gasteiger partial charge in [0.1, 0.15) is 12.4 Å². The zero-order valence-electron chi connectivity index (χ0n) is 11.6. The highest BCUT2D eigenvalue weighted by Crippen LogP contribution is 2.28. The fourth-order valence-electron chi connectivity index (χ4n) is 2.52. The van der Waals surface area contributed by atoms with Gasteiger partial charge in [-0.05, 0) is 42.5 Å². The first-order chi connectivity index (χ1) is 9.92. The SMILES string of the molecule is c1ccc(COc2ccc(C3CCCCO3)cc2)cc1. The van der Waals surface area contributed by atoms with Gasteiger partial charge in [-0.3, -0.25) is 0 Å². The molecule has 20 heavy (non-hydrogen) atoms. The molecule has 1 aliphatic rings. The third kappa shape index (κ3) is 3.40. The van der Waals surface area contributed by atoms with Crippen LogP contribution in [0.3, 0.4) is 0 Å². The molecule has 1 unspecified atom stereocenters. The molecule has 3 rings (SSSR count). The summed E-state index contributed by atoms with van der Waals surface area (Å²) in [4.78, 5) is 0. The minimum absolute atomic E-state index is 0.270. The van der Waals surface area contributed by atoms with E-state index in [1.807, 2.05) is 30.3 Å². The standard InChI is InChI=1S/C18H20O2/c1-2-6-15(7-3-1)14-20-17-11-9-16(10-12-17)18-8-4-5-13-19-18/h1-3,6-7,9-12,18H,4-5,8,13-14H2. The van der Waals surface area contributed by atoms with Gasteiger partial charge in [0.2, 0.25) is 0 Å². The Labute approximate surface area is 120 Å². The van der Waals surface area contributed by atoms with Crippen molar-refractivity contribution in [2.45, 2.75) is 32.0 Å². The van der Waals surface area contributed by atoms with Crippen LogP contribution >= 0.6 is 0 Å². The Hall–Kier alpha value is -1.80. The second-order valence-corrected chi connectivity index (χ2v) is 5.20. The van der Waals surface area contributed by atoms with E-state index >= 15 is 0 Å². The summed E-state index contributed by atoms with van der Waals surface area (Å²) in [5, 5.41) is 0. The second-order valence-electron chi connectivity index (χ2n) is 5.20. The van der Waals surface area contributed by atoms with E-state index < -0.39 is 0 Å². The lowest BCUT2D eigenvalue weighted by atomic mass is 10.0. The molecule has 0 bridgehead atoms. The van der Waals surface area contributed by atoms with Gasteiger partial charge < -0.3 is 9.47 Å². The van der Waals surface area contributed by atoms with Gasteiger partial charge in [-0.15, -0.1) is 0 Å². The summed E-state index contributed by atoms with van der Waals surface area (Å²) < 4.78 is 11.6. The van der Waals surface area contributed by atoms with Crippen molar-refractivity contribution in [3.63, 3.8) is 0 Å². The van der Waals surface area contributed by atoms with Gasteiger partial charge in [0.25, 0.3) is 0 Å². The van der Waals surface area contributed by atoms with E-state index in [4.69, 9.17) is 9.47 Å². The van der Waals surface area contributed by atoms with E-state index in [1.165, 1.54) is 24.0 Å². The highest BCUT2D eigenvalue weighted by Gasteiger charge is 2.15. The number of rotatable bonds is 4. The number of hydrogen-bond donors (Lipinski definition) is 0. The van der Waals surface area contributed by atoms with Crippen molar-refractivity contribution in [2.24, 2.45) is 0 Å². The normalized spacial score (nSPS) is 18.7. The Balaban J connectivity index is 1.58. The van der Waals surface area contributed by atoms with Crippen LogP contribution < -0.4 is 4.74 Å². The summed E-state index contributed by atoms with van der Waals surface area (Å²) in [6.07, 6.45) is 3.85. The highest BCUT2D eigenvalue weighted by molar-refractivity contribution is 5.29. The molecule has 1 atom stereocenters. The molecule has 2 aromatic carbocycles. The van der Waals surface area contributed by atoms with E-state index in [-0.39, 0.29) is 6.10 Å². The quantitative estimate of drug-likeness (QED) is 0.812. The summed E-state index contributed by atoms with van der Waals surface area (Å²) in [5.41, 5.74) is 2.45. The summed E-state index contributed by atoms with van der Waals surface area (Å²) in [6, 6.07) is 18.5. The molecule has 1 aliphatic heterocycles. The maximum absolute atomic E-state index is 5.79. The smallest absolute Gasteiger partial charge is 0.119 e.